The molecule has 88 valence electrons. The zero-order valence-corrected chi connectivity index (χ0v) is 11.9. The highest BCUT2D eigenvalue weighted by molar-refractivity contribution is 8.68. The lowest BCUT2D eigenvalue weighted by atomic mass is 9.93. The lowest BCUT2D eigenvalue weighted by molar-refractivity contribution is 0.313. The van der Waals surface area contributed by atoms with Crippen LogP contribution in [-0.4, -0.2) is 18.5 Å². The van der Waals surface area contributed by atoms with Crippen molar-refractivity contribution in [2.24, 2.45) is 0 Å². The monoisotopic (exact) mass is 253 g/mol. The van der Waals surface area contributed by atoms with Crippen molar-refractivity contribution < 1.29 is 0 Å². The van der Waals surface area contributed by atoms with Gasteiger partial charge in [0.2, 0.25) is 0 Å². The Balaban J connectivity index is 2.33. The Morgan fingerprint density at radius 1 is 1.31 bits per heavy atom. The second-order valence-electron chi connectivity index (χ2n) is 5.07. The summed E-state index contributed by atoms with van der Waals surface area (Å²) in [5.74, 6) is 0. The summed E-state index contributed by atoms with van der Waals surface area (Å²) in [6, 6.07) is 6.90. The first-order valence-electron chi connectivity index (χ1n) is 5.66. The highest BCUT2D eigenvalue weighted by atomic mass is 33.1. The van der Waals surface area contributed by atoms with Gasteiger partial charge in [0.1, 0.15) is 0 Å². The summed E-state index contributed by atoms with van der Waals surface area (Å²) in [6.07, 6.45) is 1.17. The average molecular weight is 253 g/mol. The molecule has 0 unspecified atom stereocenters. The largest absolute Gasteiger partial charge is 0.302 e. The molecule has 0 N–H and O–H groups in total. The van der Waals surface area contributed by atoms with Gasteiger partial charge in [-0.05, 0) is 44.0 Å². The maximum atomic E-state index is 4.36. The average Bonchev–Trinajstić information content (AvgIpc) is 2.28. The minimum Gasteiger partial charge on any atom is -0.302 e. The van der Waals surface area contributed by atoms with E-state index in [9.17, 15) is 0 Å². The van der Waals surface area contributed by atoms with E-state index in [1.165, 1.54) is 29.7 Å². The Morgan fingerprint density at radius 3 is 2.75 bits per heavy atom. The van der Waals surface area contributed by atoms with Crippen LogP contribution in [0, 0.1) is 0 Å². The highest BCUT2D eigenvalue weighted by Crippen LogP contribution is 2.38. The molecule has 0 aromatic heterocycles. The van der Waals surface area contributed by atoms with E-state index in [1.807, 2.05) is 0 Å². The molecule has 2 rings (SSSR count). The van der Waals surface area contributed by atoms with Crippen LogP contribution in [0.4, 0.5) is 0 Å². The molecule has 1 heterocycles. The minimum atomic E-state index is 0.0987. The van der Waals surface area contributed by atoms with Crippen LogP contribution in [0.2, 0.25) is 0 Å². The van der Waals surface area contributed by atoms with Crippen molar-refractivity contribution in [1.29, 1.82) is 0 Å². The number of likely N-dealkylation sites (N-methyl/N-ethyl adjacent to an activating group) is 1. The second-order valence-corrected chi connectivity index (χ2v) is 6.82. The fraction of sp³-hybridized carbons (Fsp3) is 0.538. The lowest BCUT2D eigenvalue weighted by Gasteiger charge is -2.28. The predicted molar refractivity (Wildman–Crippen MR) is 76.1 cm³/mol. The molecule has 16 heavy (non-hydrogen) atoms. The molecule has 0 atom stereocenters. The molecule has 0 amide bonds. The Labute approximate surface area is 107 Å². The van der Waals surface area contributed by atoms with Crippen molar-refractivity contribution in [3.63, 3.8) is 0 Å². The van der Waals surface area contributed by atoms with E-state index < -0.39 is 0 Å². The standard InChI is InChI=1S/C13H19NS2/c1-13(2,16-15)12-5-4-11-9-14(3)7-6-10(11)8-12/h4-5,8,15H,6-7,9H2,1-3H3. The fourth-order valence-electron chi connectivity index (χ4n) is 2.12. The van der Waals surface area contributed by atoms with E-state index >= 15 is 0 Å². The number of benzene rings is 1. The first-order valence-corrected chi connectivity index (χ1v) is 7.53. The van der Waals surface area contributed by atoms with Crippen LogP contribution in [-0.2, 0) is 17.7 Å². The lowest BCUT2D eigenvalue weighted by Crippen LogP contribution is -2.27. The summed E-state index contributed by atoms with van der Waals surface area (Å²) in [6.45, 7) is 6.71. The van der Waals surface area contributed by atoms with Crippen LogP contribution in [0.1, 0.15) is 30.5 Å². The van der Waals surface area contributed by atoms with Gasteiger partial charge in [-0.2, -0.15) is 0 Å². The second kappa shape index (κ2) is 4.63. The molecule has 0 spiro atoms. The SMILES string of the molecule is CN1CCc2cc(C(C)(C)SS)ccc2C1. The van der Waals surface area contributed by atoms with Crippen molar-refractivity contribution in [2.45, 2.75) is 31.6 Å². The van der Waals surface area contributed by atoms with Crippen LogP contribution in [0.3, 0.4) is 0 Å². The minimum absolute atomic E-state index is 0.0987. The molecule has 0 fully saturated rings. The number of thiol groups is 1. The molecule has 0 radical (unpaired) electrons. The van der Waals surface area contributed by atoms with Crippen LogP contribution < -0.4 is 0 Å². The van der Waals surface area contributed by atoms with E-state index in [0.29, 0.717) is 0 Å². The summed E-state index contributed by atoms with van der Waals surface area (Å²) >= 11 is 4.36. The molecule has 0 saturated heterocycles. The number of fused-ring (bicyclic) bond motifs is 1. The normalized spacial score (nSPS) is 17.2. The molecule has 1 aromatic carbocycles. The van der Waals surface area contributed by atoms with Gasteiger partial charge in [-0.15, -0.1) is 11.7 Å². The molecule has 1 nitrogen and oxygen atoms in total. The topological polar surface area (TPSA) is 3.24 Å². The third-order valence-electron chi connectivity index (χ3n) is 3.33. The molecule has 3 heteroatoms. The van der Waals surface area contributed by atoms with Gasteiger partial charge in [0.15, 0.2) is 0 Å². The van der Waals surface area contributed by atoms with Gasteiger partial charge >= 0.3 is 0 Å². The maximum Gasteiger partial charge on any atom is 0.0453 e. The van der Waals surface area contributed by atoms with Gasteiger partial charge < -0.3 is 4.90 Å². The van der Waals surface area contributed by atoms with Gasteiger partial charge in [0.25, 0.3) is 0 Å². The number of hydrogen-bond acceptors (Lipinski definition) is 3. The van der Waals surface area contributed by atoms with E-state index in [4.69, 9.17) is 0 Å². The quantitative estimate of drug-likeness (QED) is 0.635. The van der Waals surface area contributed by atoms with Crippen molar-refractivity contribution in [1.82, 2.24) is 4.90 Å². The molecule has 1 aliphatic rings. The number of hydrogen-bond donors (Lipinski definition) is 1. The Morgan fingerprint density at radius 2 is 2.06 bits per heavy atom. The molecular weight excluding hydrogens is 234 g/mol. The fourth-order valence-corrected chi connectivity index (χ4v) is 2.67. The zero-order valence-electron chi connectivity index (χ0n) is 10.2. The van der Waals surface area contributed by atoms with Gasteiger partial charge in [-0.3, -0.25) is 0 Å². The number of rotatable bonds is 2. The molecule has 1 aliphatic heterocycles. The Kier molecular flexibility index (Phi) is 3.57. The Hall–Kier alpha value is -0.120. The van der Waals surface area contributed by atoms with E-state index in [2.05, 4.69) is 55.7 Å². The smallest absolute Gasteiger partial charge is 0.0453 e. The Bertz CT molecular complexity index is 388. The molecular formula is C13H19NS2. The van der Waals surface area contributed by atoms with Gasteiger partial charge in [-0.1, -0.05) is 29.0 Å². The molecule has 0 aliphatic carbocycles. The third-order valence-corrected chi connectivity index (χ3v) is 5.39. The molecule has 0 saturated carbocycles. The predicted octanol–water partition coefficient (Wildman–Crippen LogP) is 3.49. The van der Waals surface area contributed by atoms with Gasteiger partial charge in [0, 0.05) is 17.8 Å². The summed E-state index contributed by atoms with van der Waals surface area (Å²) in [4.78, 5) is 2.38. The summed E-state index contributed by atoms with van der Waals surface area (Å²) in [5.41, 5.74) is 4.39. The van der Waals surface area contributed by atoms with Crippen LogP contribution in [0.5, 0.6) is 0 Å². The van der Waals surface area contributed by atoms with Crippen LogP contribution in [0.25, 0.3) is 0 Å². The van der Waals surface area contributed by atoms with Crippen molar-refractivity contribution >= 4 is 22.5 Å². The van der Waals surface area contributed by atoms with E-state index in [0.717, 1.165) is 6.54 Å². The maximum absolute atomic E-state index is 4.36. The first-order chi connectivity index (χ1) is 7.53. The van der Waals surface area contributed by atoms with Gasteiger partial charge in [-0.25, -0.2) is 0 Å². The summed E-state index contributed by atoms with van der Waals surface area (Å²) < 4.78 is 0.0987. The number of nitrogens with zero attached hydrogens (tertiary/aromatic N) is 1. The molecule has 1 aromatic rings. The third kappa shape index (κ3) is 2.41. The van der Waals surface area contributed by atoms with Crippen molar-refractivity contribution in [2.75, 3.05) is 13.6 Å². The van der Waals surface area contributed by atoms with Gasteiger partial charge in [0.05, 0.1) is 0 Å². The molecule has 0 bridgehead atoms. The first kappa shape index (κ1) is 12.3. The van der Waals surface area contributed by atoms with Crippen molar-refractivity contribution in [3.8, 4) is 0 Å². The summed E-state index contributed by atoms with van der Waals surface area (Å²) in [7, 11) is 3.80. The van der Waals surface area contributed by atoms with E-state index in [-0.39, 0.29) is 4.75 Å². The zero-order chi connectivity index (χ0) is 11.8. The van der Waals surface area contributed by atoms with E-state index in [1.54, 1.807) is 10.8 Å². The van der Waals surface area contributed by atoms with Crippen LogP contribution >= 0.6 is 22.5 Å². The summed E-state index contributed by atoms with van der Waals surface area (Å²) in [5, 5.41) is 0. The van der Waals surface area contributed by atoms with Crippen LogP contribution in [0.15, 0.2) is 18.2 Å². The highest BCUT2D eigenvalue weighted by Gasteiger charge is 2.22. The van der Waals surface area contributed by atoms with Crippen molar-refractivity contribution in [3.05, 3.63) is 34.9 Å².